The number of carbonyl (C=O) groups excluding carboxylic acids is 1. The highest BCUT2D eigenvalue weighted by Gasteiger charge is 2.26. The smallest absolute Gasteiger partial charge is 0.240 e. The number of piperidine rings is 1. The van der Waals surface area contributed by atoms with E-state index in [0.29, 0.717) is 24.0 Å². The van der Waals surface area contributed by atoms with Gasteiger partial charge in [-0.3, -0.25) is 9.69 Å². The molecule has 0 bridgehead atoms. The summed E-state index contributed by atoms with van der Waals surface area (Å²) in [5.41, 5.74) is 0.786. The minimum atomic E-state index is -0.312. The first kappa shape index (κ1) is 19.3. The van der Waals surface area contributed by atoms with Gasteiger partial charge in [-0.25, -0.2) is 4.39 Å². The van der Waals surface area contributed by atoms with Crippen LogP contribution < -0.4 is 4.74 Å². The highest BCUT2D eigenvalue weighted by Crippen LogP contribution is 2.23. The third-order valence-electron chi connectivity index (χ3n) is 5.07. The number of rotatable bonds is 7. The molecule has 0 saturated carbocycles. The lowest BCUT2D eigenvalue weighted by Gasteiger charge is -2.30. The molecule has 7 heteroatoms. The summed E-state index contributed by atoms with van der Waals surface area (Å²) in [6.45, 7) is 2.33. The second kappa shape index (κ2) is 8.96. The molecule has 3 aromatic rings. The van der Waals surface area contributed by atoms with E-state index < -0.39 is 0 Å². The van der Waals surface area contributed by atoms with E-state index in [1.807, 2.05) is 30.3 Å². The van der Waals surface area contributed by atoms with Gasteiger partial charge in [0.1, 0.15) is 11.6 Å². The summed E-state index contributed by atoms with van der Waals surface area (Å²) in [6.07, 6.45) is 1.64. The molecular formula is C22H22FN3O3. The molecule has 2 aromatic carbocycles. The normalized spacial score (nSPS) is 15.3. The molecule has 0 aliphatic carbocycles. The average molecular weight is 395 g/mol. The van der Waals surface area contributed by atoms with Gasteiger partial charge < -0.3 is 9.26 Å². The molecule has 4 rings (SSSR count). The van der Waals surface area contributed by atoms with Gasteiger partial charge in [-0.05, 0) is 50.2 Å². The SMILES string of the molecule is O=C(c1ccccc1)C1CCN(Cc2nc(COc3ccc(F)cc3)no2)CC1. The largest absolute Gasteiger partial charge is 0.485 e. The maximum Gasteiger partial charge on any atom is 0.240 e. The molecule has 0 spiro atoms. The molecule has 1 aliphatic heterocycles. The molecule has 0 atom stereocenters. The molecule has 0 N–H and O–H groups in total. The van der Waals surface area contributed by atoms with Crippen LogP contribution >= 0.6 is 0 Å². The number of ether oxygens (including phenoxy) is 1. The maximum absolute atomic E-state index is 12.9. The molecule has 1 aromatic heterocycles. The van der Waals surface area contributed by atoms with Crippen molar-refractivity contribution in [1.82, 2.24) is 15.0 Å². The Labute approximate surface area is 168 Å². The van der Waals surface area contributed by atoms with Crippen LogP contribution in [-0.2, 0) is 13.2 Å². The van der Waals surface area contributed by atoms with Crippen LogP contribution in [0.4, 0.5) is 4.39 Å². The Balaban J connectivity index is 1.24. The number of benzene rings is 2. The molecule has 0 radical (unpaired) electrons. The number of ketones is 1. The Hall–Kier alpha value is -3.06. The van der Waals surface area contributed by atoms with Gasteiger partial charge in [0.05, 0.1) is 6.54 Å². The fraction of sp³-hybridized carbons (Fsp3) is 0.318. The topological polar surface area (TPSA) is 68.5 Å². The second-order valence-corrected chi connectivity index (χ2v) is 7.13. The number of carbonyl (C=O) groups is 1. The number of nitrogens with zero attached hydrogens (tertiary/aromatic N) is 3. The van der Waals surface area contributed by atoms with Gasteiger partial charge in [-0.2, -0.15) is 4.98 Å². The minimum absolute atomic E-state index is 0.0657. The number of aromatic nitrogens is 2. The van der Waals surface area contributed by atoms with Gasteiger partial charge >= 0.3 is 0 Å². The Morgan fingerprint density at radius 2 is 1.83 bits per heavy atom. The Bertz CT molecular complexity index is 935. The Morgan fingerprint density at radius 3 is 2.55 bits per heavy atom. The maximum atomic E-state index is 12.9. The fourth-order valence-electron chi connectivity index (χ4n) is 3.47. The van der Waals surface area contributed by atoms with E-state index in [9.17, 15) is 9.18 Å². The summed E-state index contributed by atoms with van der Waals surface area (Å²) in [5.74, 6) is 1.49. The van der Waals surface area contributed by atoms with E-state index in [1.54, 1.807) is 12.1 Å². The van der Waals surface area contributed by atoms with Crippen LogP contribution in [0.2, 0.25) is 0 Å². The average Bonchev–Trinajstić information content (AvgIpc) is 3.21. The predicted molar refractivity (Wildman–Crippen MR) is 104 cm³/mol. The minimum Gasteiger partial charge on any atom is -0.485 e. The summed E-state index contributed by atoms with van der Waals surface area (Å²) >= 11 is 0. The first-order valence-electron chi connectivity index (χ1n) is 9.69. The first-order chi connectivity index (χ1) is 14.2. The van der Waals surface area contributed by atoms with Gasteiger partial charge in [0, 0.05) is 11.5 Å². The lowest BCUT2D eigenvalue weighted by atomic mass is 9.89. The van der Waals surface area contributed by atoms with E-state index >= 15 is 0 Å². The molecule has 1 aliphatic rings. The van der Waals surface area contributed by atoms with Gasteiger partial charge in [-0.15, -0.1) is 0 Å². The van der Waals surface area contributed by atoms with Crippen molar-refractivity contribution in [3.05, 3.63) is 77.7 Å². The van der Waals surface area contributed by atoms with Crippen LogP contribution in [0.5, 0.6) is 5.75 Å². The highest BCUT2D eigenvalue weighted by molar-refractivity contribution is 5.97. The molecule has 29 heavy (non-hydrogen) atoms. The highest BCUT2D eigenvalue weighted by atomic mass is 19.1. The number of Topliss-reactive ketones (excluding diaryl/α,β-unsaturated/α-hetero) is 1. The number of halogens is 1. The summed E-state index contributed by atoms with van der Waals surface area (Å²) in [5, 5.41) is 3.93. The summed E-state index contributed by atoms with van der Waals surface area (Å²) in [7, 11) is 0. The molecule has 0 amide bonds. The molecule has 1 saturated heterocycles. The van der Waals surface area contributed by atoms with Crippen LogP contribution in [-0.4, -0.2) is 33.9 Å². The van der Waals surface area contributed by atoms with Crippen LogP contribution in [0.15, 0.2) is 59.1 Å². The summed E-state index contributed by atoms with van der Waals surface area (Å²) in [4.78, 5) is 19.1. The first-order valence-corrected chi connectivity index (χ1v) is 9.69. The fourth-order valence-corrected chi connectivity index (χ4v) is 3.47. The van der Waals surface area contributed by atoms with Crippen LogP contribution in [0.1, 0.15) is 34.9 Å². The van der Waals surface area contributed by atoms with Crippen molar-refractivity contribution < 1.29 is 18.4 Å². The number of hydrogen-bond donors (Lipinski definition) is 0. The van der Waals surface area contributed by atoms with Crippen molar-refractivity contribution in [2.75, 3.05) is 13.1 Å². The second-order valence-electron chi connectivity index (χ2n) is 7.13. The quantitative estimate of drug-likeness (QED) is 0.566. The van der Waals surface area contributed by atoms with Crippen molar-refractivity contribution in [2.24, 2.45) is 5.92 Å². The molecule has 6 nitrogen and oxygen atoms in total. The van der Waals surface area contributed by atoms with Crippen LogP contribution in [0.25, 0.3) is 0 Å². The van der Waals surface area contributed by atoms with Gasteiger partial charge in [-0.1, -0.05) is 35.5 Å². The van der Waals surface area contributed by atoms with Crippen LogP contribution in [0, 0.1) is 11.7 Å². The summed E-state index contributed by atoms with van der Waals surface area (Å²) < 4.78 is 23.8. The van der Waals surface area contributed by atoms with Crippen molar-refractivity contribution in [2.45, 2.75) is 26.0 Å². The number of hydrogen-bond acceptors (Lipinski definition) is 6. The molecular weight excluding hydrogens is 373 g/mol. The number of likely N-dealkylation sites (tertiary alicyclic amines) is 1. The van der Waals surface area contributed by atoms with E-state index in [1.165, 1.54) is 12.1 Å². The third kappa shape index (κ3) is 5.06. The molecule has 2 heterocycles. The van der Waals surface area contributed by atoms with Crippen molar-refractivity contribution in [1.29, 1.82) is 0 Å². The van der Waals surface area contributed by atoms with E-state index in [0.717, 1.165) is 31.5 Å². The van der Waals surface area contributed by atoms with Crippen LogP contribution in [0.3, 0.4) is 0 Å². The van der Waals surface area contributed by atoms with Crippen molar-refractivity contribution in [3.63, 3.8) is 0 Å². The Kier molecular flexibility index (Phi) is 5.95. The summed E-state index contributed by atoms with van der Waals surface area (Å²) in [6, 6.07) is 15.2. The molecule has 1 fully saturated rings. The zero-order valence-electron chi connectivity index (χ0n) is 16.0. The zero-order chi connectivity index (χ0) is 20.1. The van der Waals surface area contributed by atoms with E-state index in [2.05, 4.69) is 15.0 Å². The molecule has 150 valence electrons. The third-order valence-corrected chi connectivity index (χ3v) is 5.07. The lowest BCUT2D eigenvalue weighted by Crippen LogP contribution is -2.36. The van der Waals surface area contributed by atoms with Gasteiger partial charge in [0.2, 0.25) is 11.7 Å². The van der Waals surface area contributed by atoms with Crippen molar-refractivity contribution >= 4 is 5.78 Å². The lowest BCUT2D eigenvalue weighted by molar-refractivity contribution is 0.0825. The van der Waals surface area contributed by atoms with E-state index in [4.69, 9.17) is 9.26 Å². The standard InChI is InChI=1S/C22H22FN3O3/c23-18-6-8-19(9-7-18)28-15-20-24-21(29-25-20)14-26-12-10-17(11-13-26)22(27)16-4-2-1-3-5-16/h1-9,17H,10-15H2. The van der Waals surface area contributed by atoms with E-state index in [-0.39, 0.29) is 24.1 Å². The van der Waals surface area contributed by atoms with Gasteiger partial charge in [0.15, 0.2) is 12.4 Å². The van der Waals surface area contributed by atoms with Crippen molar-refractivity contribution in [3.8, 4) is 5.75 Å². The molecule has 0 unspecified atom stereocenters. The zero-order valence-corrected chi connectivity index (χ0v) is 16.0. The monoisotopic (exact) mass is 395 g/mol. The predicted octanol–water partition coefficient (Wildman–Crippen LogP) is 3.88. The Morgan fingerprint density at radius 1 is 1.10 bits per heavy atom. The van der Waals surface area contributed by atoms with Gasteiger partial charge in [0.25, 0.3) is 0 Å².